The van der Waals surface area contributed by atoms with Crippen LogP contribution in [0.5, 0.6) is 0 Å². The number of Topliss-reactive ketones (excluding diaryl/α,β-unsaturated/α-hetero) is 1. The number of anilines is 2. The van der Waals surface area contributed by atoms with Crippen LogP contribution in [-0.4, -0.2) is 45.3 Å². The van der Waals surface area contributed by atoms with Gasteiger partial charge in [-0.25, -0.2) is 19.9 Å². The number of rotatable bonds is 4. The molecule has 3 saturated carbocycles. The molecular formula is C27H39N5O6. The lowest BCUT2D eigenvalue weighted by Crippen LogP contribution is -2.63. The first-order chi connectivity index (χ1) is 17.8. The van der Waals surface area contributed by atoms with Crippen LogP contribution in [0.4, 0.5) is 21.4 Å². The molecule has 1 aromatic heterocycles. The number of ketones is 1. The van der Waals surface area contributed by atoms with Gasteiger partial charge in [0.25, 0.3) is 0 Å². The molecule has 0 aliphatic heterocycles. The summed E-state index contributed by atoms with van der Waals surface area (Å²) in [4.78, 5) is 46.5. The second-order valence-corrected chi connectivity index (χ2v) is 11.8. The largest absolute Gasteiger partial charge is 0.445 e. The van der Waals surface area contributed by atoms with Crippen LogP contribution in [0.2, 0.25) is 0 Å². The van der Waals surface area contributed by atoms with Gasteiger partial charge in [-0.2, -0.15) is 4.98 Å². The third-order valence-electron chi connectivity index (χ3n) is 9.92. The summed E-state index contributed by atoms with van der Waals surface area (Å²) in [6.07, 6.45) is 1.22. The van der Waals surface area contributed by atoms with E-state index < -0.39 is 35.2 Å². The summed E-state index contributed by atoms with van der Waals surface area (Å²) in [6.45, 7) is 11.8. The summed E-state index contributed by atoms with van der Waals surface area (Å²) in [5.41, 5.74) is 9.59. The first-order valence-corrected chi connectivity index (χ1v) is 13.1. The van der Waals surface area contributed by atoms with E-state index in [9.17, 15) is 19.5 Å². The van der Waals surface area contributed by atoms with Gasteiger partial charge in [0.1, 0.15) is 24.3 Å². The van der Waals surface area contributed by atoms with Crippen LogP contribution in [0.3, 0.4) is 0 Å². The fourth-order valence-electron chi connectivity index (χ4n) is 7.53. The van der Waals surface area contributed by atoms with E-state index in [1.807, 2.05) is 20.8 Å². The first kappa shape index (κ1) is 27.8. The van der Waals surface area contributed by atoms with Gasteiger partial charge in [-0.15, -0.1) is 6.58 Å². The molecule has 4 rings (SSSR count). The molecule has 38 heavy (non-hydrogen) atoms. The number of amides is 2. The molecule has 2 amide bonds. The number of nitrogen functional groups attached to an aromatic ring is 2. The van der Waals surface area contributed by atoms with Gasteiger partial charge >= 0.3 is 12.2 Å². The Kier molecular flexibility index (Phi) is 7.20. The highest BCUT2D eigenvalue weighted by Gasteiger charge is 2.68. The van der Waals surface area contributed by atoms with Crippen molar-refractivity contribution in [1.29, 1.82) is 0 Å². The van der Waals surface area contributed by atoms with Crippen molar-refractivity contribution < 1.29 is 29.0 Å². The Morgan fingerprint density at radius 1 is 1.24 bits per heavy atom. The van der Waals surface area contributed by atoms with Gasteiger partial charge < -0.3 is 26.0 Å². The highest BCUT2D eigenvalue weighted by Crippen LogP contribution is 2.67. The number of nitrogens with two attached hydrogens (primary N) is 2. The molecule has 8 atom stereocenters. The molecular weight excluding hydrogens is 490 g/mol. The van der Waals surface area contributed by atoms with Crippen LogP contribution >= 0.6 is 0 Å². The summed E-state index contributed by atoms with van der Waals surface area (Å²) in [5.74, 6) is -0.231. The highest BCUT2D eigenvalue weighted by molar-refractivity contribution is 5.88. The highest BCUT2D eigenvalue weighted by atomic mass is 16.6. The molecule has 11 heteroatoms. The van der Waals surface area contributed by atoms with Crippen LogP contribution in [0.1, 0.15) is 65.5 Å². The second kappa shape index (κ2) is 9.83. The first-order valence-electron chi connectivity index (χ1n) is 13.1. The van der Waals surface area contributed by atoms with E-state index in [-0.39, 0.29) is 59.4 Å². The van der Waals surface area contributed by atoms with E-state index in [0.717, 1.165) is 12.8 Å². The van der Waals surface area contributed by atoms with Crippen molar-refractivity contribution in [3.05, 3.63) is 24.4 Å². The van der Waals surface area contributed by atoms with Crippen LogP contribution in [0.25, 0.3) is 0 Å². The normalized spacial score (nSPS) is 38.3. The zero-order chi connectivity index (χ0) is 28.0. The molecule has 0 saturated heterocycles. The number of alkyl carbamates (subject to hydrolysis) is 2. The summed E-state index contributed by atoms with van der Waals surface area (Å²) < 4.78 is 11.0. The number of nitrogens with one attached hydrogen (secondary N) is 1. The number of aliphatic hydroxyl groups is 1. The number of hydrogen-bond acceptors (Lipinski definition) is 10. The Labute approximate surface area is 222 Å². The Balaban J connectivity index is 1.58. The standard InChI is InChI=1S/C27H39N5O6/c1-6-25(4)12-18(38-24(36)32-23(35)37-13-16-11-19(28)31-22(29)30-16)26(5)14(2)7-9-27(15(3)21(25)34)10-8-17(33)20(26)27/h6,11,14-15,18,20-21,34H,1,7-10,12-13H2,2-5H3,(H,32,35,36)(H4,28,29,30,31)/t14?,15-,18+,20-,21-,25+,26+,27-/m0/s1. The number of imide groups is 1. The Morgan fingerprint density at radius 3 is 2.61 bits per heavy atom. The van der Waals surface area contributed by atoms with Gasteiger partial charge in [0, 0.05) is 29.2 Å². The number of hydrogen-bond donors (Lipinski definition) is 4. The van der Waals surface area contributed by atoms with Crippen LogP contribution in [-0.2, 0) is 20.9 Å². The molecule has 6 N–H and O–H groups in total. The van der Waals surface area contributed by atoms with Gasteiger partial charge in [-0.3, -0.25) is 4.79 Å². The number of nitrogens with zero attached hydrogens (tertiary/aromatic N) is 2. The Hall–Kier alpha value is -3.21. The minimum absolute atomic E-state index is 0.0672. The Morgan fingerprint density at radius 2 is 1.95 bits per heavy atom. The summed E-state index contributed by atoms with van der Waals surface area (Å²) in [7, 11) is 0. The van der Waals surface area contributed by atoms with Crippen molar-refractivity contribution in [3.63, 3.8) is 0 Å². The van der Waals surface area contributed by atoms with Crippen LogP contribution in [0, 0.1) is 34.0 Å². The van der Waals surface area contributed by atoms with E-state index in [1.54, 1.807) is 6.08 Å². The lowest BCUT2D eigenvalue weighted by molar-refractivity contribution is -0.191. The second-order valence-electron chi connectivity index (χ2n) is 11.8. The van der Waals surface area contributed by atoms with Gasteiger partial charge in [-0.05, 0) is 42.9 Å². The van der Waals surface area contributed by atoms with Gasteiger partial charge in [-0.1, -0.05) is 33.8 Å². The molecule has 3 fully saturated rings. The molecule has 1 unspecified atom stereocenters. The van der Waals surface area contributed by atoms with Crippen molar-refractivity contribution in [3.8, 4) is 0 Å². The molecule has 208 valence electrons. The number of aliphatic hydroxyl groups excluding tert-OH is 1. The third kappa shape index (κ3) is 4.50. The van der Waals surface area contributed by atoms with Crippen molar-refractivity contribution in [1.82, 2.24) is 15.3 Å². The molecule has 3 aliphatic carbocycles. The number of aromatic nitrogens is 2. The predicted molar refractivity (Wildman–Crippen MR) is 139 cm³/mol. The molecule has 0 aromatic carbocycles. The molecule has 11 nitrogen and oxygen atoms in total. The average molecular weight is 530 g/mol. The maximum absolute atomic E-state index is 13.4. The van der Waals surface area contributed by atoms with Crippen molar-refractivity contribution in [2.45, 2.75) is 78.6 Å². The molecule has 0 radical (unpaired) electrons. The van der Waals surface area contributed by atoms with Crippen molar-refractivity contribution >= 4 is 29.7 Å². The summed E-state index contributed by atoms with van der Waals surface area (Å²) in [5, 5.41) is 13.7. The van der Waals surface area contributed by atoms with Crippen molar-refractivity contribution in [2.75, 3.05) is 11.5 Å². The third-order valence-corrected chi connectivity index (χ3v) is 9.92. The average Bonchev–Trinajstić information content (AvgIpc) is 3.20. The monoisotopic (exact) mass is 529 g/mol. The van der Waals surface area contributed by atoms with Crippen LogP contribution < -0.4 is 16.8 Å². The molecule has 2 bridgehead atoms. The minimum Gasteiger partial charge on any atom is -0.445 e. The van der Waals surface area contributed by atoms with E-state index in [1.165, 1.54) is 6.07 Å². The van der Waals surface area contributed by atoms with Crippen LogP contribution in [0.15, 0.2) is 18.7 Å². The topological polar surface area (TPSA) is 180 Å². The maximum Gasteiger partial charge on any atom is 0.417 e. The summed E-state index contributed by atoms with van der Waals surface area (Å²) >= 11 is 0. The molecule has 1 heterocycles. The molecule has 3 aliphatic rings. The van der Waals surface area contributed by atoms with Gasteiger partial charge in [0.15, 0.2) is 0 Å². The fourth-order valence-corrected chi connectivity index (χ4v) is 7.53. The van der Waals surface area contributed by atoms with E-state index in [0.29, 0.717) is 12.8 Å². The minimum atomic E-state index is -1.04. The van der Waals surface area contributed by atoms with Gasteiger partial charge in [0.2, 0.25) is 5.95 Å². The molecule has 0 spiro atoms. The smallest absolute Gasteiger partial charge is 0.417 e. The lowest BCUT2D eigenvalue weighted by Gasteiger charge is -2.61. The van der Waals surface area contributed by atoms with E-state index in [2.05, 4.69) is 28.8 Å². The molecule has 1 aromatic rings. The predicted octanol–water partition coefficient (Wildman–Crippen LogP) is 3.37. The van der Waals surface area contributed by atoms with E-state index >= 15 is 0 Å². The van der Waals surface area contributed by atoms with Crippen molar-refractivity contribution in [2.24, 2.45) is 34.0 Å². The zero-order valence-corrected chi connectivity index (χ0v) is 22.5. The van der Waals surface area contributed by atoms with Gasteiger partial charge in [0.05, 0.1) is 11.8 Å². The number of carbonyl (C=O) groups is 3. The summed E-state index contributed by atoms with van der Waals surface area (Å²) in [6, 6.07) is 1.40. The lowest BCUT2D eigenvalue weighted by atomic mass is 9.44. The Bertz CT molecular complexity index is 1120. The number of carbonyl (C=O) groups excluding carboxylic acids is 3. The zero-order valence-electron chi connectivity index (χ0n) is 22.5. The van der Waals surface area contributed by atoms with E-state index in [4.69, 9.17) is 20.9 Å². The maximum atomic E-state index is 13.4. The fraction of sp³-hybridized carbons (Fsp3) is 0.667. The quantitative estimate of drug-likeness (QED) is 0.422. The SMILES string of the molecule is C=C[C@]1(C)C[C@@H](OC(=O)NC(=O)OCc2cc(N)nc(N)n2)[C@@]2(C)C(C)CC[C@]3(CCC(=O)[C@H]32)[C@@H](C)[C@@H]1O. The number of ether oxygens (including phenoxy) is 2.